The van der Waals surface area contributed by atoms with Crippen LogP contribution < -0.4 is 0 Å². The van der Waals surface area contributed by atoms with Crippen molar-refractivity contribution in [2.45, 2.75) is 18.8 Å². The molecule has 15 heavy (non-hydrogen) atoms. The number of hydrogen-bond acceptors (Lipinski definition) is 1. The first-order chi connectivity index (χ1) is 6.97. The Kier molecular flexibility index (Phi) is 2.27. The predicted octanol–water partition coefficient (Wildman–Crippen LogP) is 3.50. The molecule has 0 saturated carbocycles. The molecule has 78 valence electrons. The number of nitrogens with zero attached hydrogens (tertiary/aromatic N) is 1. The fraction of sp³-hybridized carbons (Fsp3) is 0.300. The molecule has 0 bridgehead atoms. The molecule has 0 N–H and O–H groups in total. The van der Waals surface area contributed by atoms with E-state index in [0.29, 0.717) is 0 Å². The second kappa shape index (κ2) is 3.24. The van der Waals surface area contributed by atoms with Crippen LogP contribution in [0, 0.1) is 17.1 Å². The highest BCUT2D eigenvalue weighted by Crippen LogP contribution is 2.44. The quantitative estimate of drug-likeness (QED) is 0.711. The zero-order valence-electron chi connectivity index (χ0n) is 7.45. The van der Waals surface area contributed by atoms with Gasteiger partial charge < -0.3 is 0 Å². The molecule has 0 unspecified atom stereocenters. The van der Waals surface area contributed by atoms with E-state index < -0.39 is 11.7 Å². The van der Waals surface area contributed by atoms with Crippen molar-refractivity contribution in [3.05, 3.63) is 33.0 Å². The van der Waals surface area contributed by atoms with Gasteiger partial charge in [-0.2, -0.15) is 5.26 Å². The Labute approximate surface area is 92.6 Å². The predicted molar refractivity (Wildman–Crippen MR) is 51.0 cm³/mol. The Hall–Kier alpha value is -1.02. The van der Waals surface area contributed by atoms with Crippen molar-refractivity contribution in [3.63, 3.8) is 0 Å². The molecule has 0 fully saturated rings. The van der Waals surface area contributed by atoms with Gasteiger partial charge in [-0.3, -0.25) is 0 Å². The van der Waals surface area contributed by atoms with Crippen molar-refractivity contribution >= 4 is 15.9 Å². The zero-order valence-corrected chi connectivity index (χ0v) is 9.04. The molecule has 0 saturated heterocycles. The van der Waals surface area contributed by atoms with Crippen LogP contribution in [0.5, 0.6) is 0 Å². The SMILES string of the molecule is N#Cc1cc2c(c(F)c1Br)CCC2(F)F. The summed E-state index contributed by atoms with van der Waals surface area (Å²) in [6.45, 7) is 0. The van der Waals surface area contributed by atoms with Crippen molar-refractivity contribution in [2.75, 3.05) is 0 Å². The monoisotopic (exact) mass is 275 g/mol. The summed E-state index contributed by atoms with van der Waals surface area (Å²) in [5.41, 5.74) is -0.418. The Morgan fingerprint density at radius 3 is 2.73 bits per heavy atom. The Morgan fingerprint density at radius 1 is 1.47 bits per heavy atom. The van der Waals surface area contributed by atoms with Crippen LogP contribution in [0.1, 0.15) is 23.1 Å². The lowest BCUT2D eigenvalue weighted by molar-refractivity contribution is -0.00189. The van der Waals surface area contributed by atoms with Gasteiger partial charge in [0.1, 0.15) is 11.9 Å². The largest absolute Gasteiger partial charge is 0.274 e. The van der Waals surface area contributed by atoms with Crippen LogP contribution in [0.3, 0.4) is 0 Å². The smallest absolute Gasteiger partial charge is 0.205 e. The summed E-state index contributed by atoms with van der Waals surface area (Å²) in [7, 11) is 0. The third-order valence-electron chi connectivity index (χ3n) is 2.51. The van der Waals surface area contributed by atoms with Gasteiger partial charge in [0, 0.05) is 12.0 Å². The molecule has 1 aromatic rings. The summed E-state index contributed by atoms with van der Waals surface area (Å²) in [5, 5.41) is 8.65. The number of nitriles is 1. The van der Waals surface area contributed by atoms with Crippen molar-refractivity contribution in [2.24, 2.45) is 0 Å². The minimum Gasteiger partial charge on any atom is -0.205 e. The van der Waals surface area contributed by atoms with Crippen molar-refractivity contribution in [1.82, 2.24) is 0 Å². The second-order valence-electron chi connectivity index (χ2n) is 3.39. The van der Waals surface area contributed by atoms with Crippen molar-refractivity contribution in [3.8, 4) is 6.07 Å². The highest BCUT2D eigenvalue weighted by Gasteiger charge is 2.41. The molecular formula is C10H5BrF3N. The Balaban J connectivity index is 2.74. The van der Waals surface area contributed by atoms with E-state index in [9.17, 15) is 13.2 Å². The fourth-order valence-electron chi connectivity index (χ4n) is 1.73. The number of rotatable bonds is 0. The minimum absolute atomic E-state index is 0.0124. The Bertz CT molecular complexity index is 477. The lowest BCUT2D eigenvalue weighted by Gasteiger charge is -2.11. The summed E-state index contributed by atoms with van der Waals surface area (Å²) in [6.07, 6.45) is -0.376. The molecule has 1 aromatic carbocycles. The second-order valence-corrected chi connectivity index (χ2v) is 4.19. The molecule has 0 spiro atoms. The van der Waals surface area contributed by atoms with Crippen LogP contribution in [0.25, 0.3) is 0 Å². The number of halogens is 4. The van der Waals surface area contributed by atoms with E-state index >= 15 is 0 Å². The van der Waals surface area contributed by atoms with Crippen LogP contribution in [-0.4, -0.2) is 0 Å². The minimum atomic E-state index is -3.01. The van der Waals surface area contributed by atoms with Gasteiger partial charge >= 0.3 is 0 Å². The van der Waals surface area contributed by atoms with E-state index in [2.05, 4.69) is 15.9 Å². The third-order valence-corrected chi connectivity index (χ3v) is 3.29. The molecule has 0 atom stereocenters. The maximum absolute atomic E-state index is 13.6. The van der Waals surface area contributed by atoms with Gasteiger partial charge in [0.25, 0.3) is 5.92 Å². The van der Waals surface area contributed by atoms with Crippen molar-refractivity contribution in [1.29, 1.82) is 5.26 Å². The topological polar surface area (TPSA) is 23.8 Å². The highest BCUT2D eigenvalue weighted by molar-refractivity contribution is 9.10. The molecule has 1 nitrogen and oxygen atoms in total. The standard InChI is InChI=1S/C10H5BrF3N/c11-8-5(4-15)3-7-6(9(8)12)1-2-10(7,13)14/h3H,1-2H2. The highest BCUT2D eigenvalue weighted by atomic mass is 79.9. The summed E-state index contributed by atoms with van der Waals surface area (Å²) in [5.74, 6) is -3.75. The molecule has 0 heterocycles. The zero-order chi connectivity index (χ0) is 11.2. The summed E-state index contributed by atoms with van der Waals surface area (Å²) < 4.78 is 40.1. The normalized spacial score (nSPS) is 17.3. The molecule has 1 aliphatic carbocycles. The third kappa shape index (κ3) is 1.44. The van der Waals surface area contributed by atoms with Gasteiger partial charge in [-0.05, 0) is 34.0 Å². The molecule has 0 aliphatic heterocycles. The van der Waals surface area contributed by atoms with E-state index in [4.69, 9.17) is 5.26 Å². The van der Waals surface area contributed by atoms with Gasteiger partial charge in [-0.1, -0.05) is 0 Å². The molecule has 0 radical (unpaired) electrons. The van der Waals surface area contributed by atoms with E-state index in [0.717, 1.165) is 6.07 Å². The van der Waals surface area contributed by atoms with E-state index in [-0.39, 0.29) is 34.0 Å². The molecule has 0 amide bonds. The molecule has 1 aliphatic rings. The van der Waals surface area contributed by atoms with E-state index in [1.807, 2.05) is 0 Å². The first-order valence-corrected chi connectivity index (χ1v) is 5.06. The average Bonchev–Trinajstić information content (AvgIpc) is 2.48. The molecule has 2 rings (SSSR count). The molecule has 5 heteroatoms. The Morgan fingerprint density at radius 2 is 2.13 bits per heavy atom. The van der Waals surface area contributed by atoms with Gasteiger partial charge in [0.05, 0.1) is 10.0 Å². The van der Waals surface area contributed by atoms with Crippen LogP contribution in [0.15, 0.2) is 10.5 Å². The number of alkyl halides is 2. The van der Waals surface area contributed by atoms with E-state index in [1.54, 1.807) is 6.07 Å². The van der Waals surface area contributed by atoms with Crippen LogP contribution >= 0.6 is 15.9 Å². The molecule has 0 aromatic heterocycles. The maximum atomic E-state index is 13.6. The number of fused-ring (bicyclic) bond motifs is 1. The maximum Gasteiger partial charge on any atom is 0.274 e. The van der Waals surface area contributed by atoms with Crippen LogP contribution in [-0.2, 0) is 12.3 Å². The lowest BCUT2D eigenvalue weighted by atomic mass is 10.0. The fourth-order valence-corrected chi connectivity index (χ4v) is 2.17. The summed E-state index contributed by atoms with van der Waals surface area (Å²) in [6, 6.07) is 2.75. The number of benzene rings is 1. The van der Waals surface area contributed by atoms with Gasteiger partial charge in [0.15, 0.2) is 0 Å². The number of hydrogen-bond donors (Lipinski definition) is 0. The van der Waals surface area contributed by atoms with Crippen molar-refractivity contribution < 1.29 is 13.2 Å². The molecular weight excluding hydrogens is 271 g/mol. The first kappa shape index (κ1) is 10.5. The summed E-state index contributed by atoms with van der Waals surface area (Å²) >= 11 is 2.89. The van der Waals surface area contributed by atoms with Gasteiger partial charge in [-0.25, -0.2) is 13.2 Å². The average molecular weight is 276 g/mol. The van der Waals surface area contributed by atoms with Crippen LogP contribution in [0.2, 0.25) is 0 Å². The lowest BCUT2D eigenvalue weighted by Crippen LogP contribution is -2.08. The first-order valence-electron chi connectivity index (χ1n) is 4.26. The van der Waals surface area contributed by atoms with Crippen LogP contribution in [0.4, 0.5) is 13.2 Å². The summed E-state index contributed by atoms with van der Waals surface area (Å²) in [4.78, 5) is 0. The van der Waals surface area contributed by atoms with Gasteiger partial charge in [0.2, 0.25) is 0 Å². The van der Waals surface area contributed by atoms with Gasteiger partial charge in [-0.15, -0.1) is 0 Å². The van der Waals surface area contributed by atoms with E-state index in [1.165, 1.54) is 0 Å².